The lowest BCUT2D eigenvalue weighted by molar-refractivity contribution is -0.143. The average Bonchev–Trinajstić information content (AvgIpc) is 2.39. The van der Waals surface area contributed by atoms with Gasteiger partial charge in [-0.05, 0) is 19.1 Å². The second-order valence-corrected chi connectivity index (χ2v) is 3.98. The van der Waals surface area contributed by atoms with Crippen LogP contribution in [0.3, 0.4) is 0 Å². The Hall–Kier alpha value is -2.08. The van der Waals surface area contributed by atoms with Crippen molar-refractivity contribution in [3.63, 3.8) is 0 Å². The summed E-state index contributed by atoms with van der Waals surface area (Å²) in [6.45, 7) is 1.21. The van der Waals surface area contributed by atoms with Gasteiger partial charge < -0.3 is 20.3 Å². The first kappa shape index (κ1) is 15.0. The molecular weight excluding hydrogens is 250 g/mol. The van der Waals surface area contributed by atoms with Crippen molar-refractivity contribution in [3.05, 3.63) is 30.3 Å². The second kappa shape index (κ2) is 7.38. The van der Waals surface area contributed by atoms with Gasteiger partial charge in [-0.15, -0.1) is 0 Å². The number of carboxylic acid groups (broad SMARTS) is 1. The highest BCUT2D eigenvalue weighted by atomic mass is 16.5. The molecule has 0 aliphatic rings. The van der Waals surface area contributed by atoms with Crippen molar-refractivity contribution in [2.75, 3.05) is 6.61 Å². The molecular formula is C13H17NO5. The van der Waals surface area contributed by atoms with Crippen LogP contribution >= 0.6 is 0 Å². The number of aliphatic hydroxyl groups is 1. The molecule has 0 fully saturated rings. The fourth-order valence-corrected chi connectivity index (χ4v) is 1.43. The van der Waals surface area contributed by atoms with E-state index in [1.807, 2.05) is 6.07 Å². The van der Waals surface area contributed by atoms with Crippen LogP contribution in [0.5, 0.6) is 5.75 Å². The molecule has 6 nitrogen and oxygen atoms in total. The maximum Gasteiger partial charge on any atom is 0.326 e. The van der Waals surface area contributed by atoms with E-state index >= 15 is 0 Å². The molecule has 0 saturated heterocycles. The van der Waals surface area contributed by atoms with Gasteiger partial charge in [0.05, 0.1) is 0 Å². The molecule has 3 N–H and O–H groups in total. The van der Waals surface area contributed by atoms with E-state index in [0.717, 1.165) is 0 Å². The number of ether oxygens (including phenoxy) is 1. The maximum absolute atomic E-state index is 11.8. The van der Waals surface area contributed by atoms with Gasteiger partial charge >= 0.3 is 5.97 Å². The Bertz CT molecular complexity index is 420. The van der Waals surface area contributed by atoms with Crippen LogP contribution in [0, 0.1) is 0 Å². The number of carbonyl (C=O) groups excluding carboxylic acids is 1. The summed E-state index contributed by atoms with van der Waals surface area (Å²) >= 11 is 0. The van der Waals surface area contributed by atoms with Crippen molar-refractivity contribution in [1.29, 1.82) is 0 Å². The molecule has 0 bridgehead atoms. The van der Waals surface area contributed by atoms with E-state index < -0.39 is 24.0 Å². The van der Waals surface area contributed by atoms with Gasteiger partial charge in [0.1, 0.15) is 11.8 Å². The van der Waals surface area contributed by atoms with E-state index in [0.29, 0.717) is 5.75 Å². The molecule has 0 spiro atoms. The molecule has 2 atom stereocenters. The smallest absolute Gasteiger partial charge is 0.326 e. The summed E-state index contributed by atoms with van der Waals surface area (Å²) in [5.41, 5.74) is 0. The number of nitrogens with one attached hydrogen (secondary N) is 1. The standard InChI is InChI=1S/C13H17NO5/c1-9(19-10-5-3-2-4-6-10)12(16)14-11(7-8-15)13(17)18/h2-6,9,11,15H,7-8H2,1H3,(H,14,16)(H,17,18). The zero-order chi connectivity index (χ0) is 14.3. The maximum atomic E-state index is 11.8. The summed E-state index contributed by atoms with van der Waals surface area (Å²) < 4.78 is 5.37. The van der Waals surface area contributed by atoms with Crippen molar-refractivity contribution in [1.82, 2.24) is 5.32 Å². The monoisotopic (exact) mass is 267 g/mol. The fraction of sp³-hybridized carbons (Fsp3) is 0.385. The number of hydrogen-bond acceptors (Lipinski definition) is 4. The Kier molecular flexibility index (Phi) is 5.81. The molecule has 0 saturated carbocycles. The molecule has 1 rings (SSSR count). The van der Waals surface area contributed by atoms with E-state index in [2.05, 4.69) is 5.32 Å². The van der Waals surface area contributed by atoms with Crippen LogP contribution in [0.1, 0.15) is 13.3 Å². The Labute approximate surface area is 111 Å². The lowest BCUT2D eigenvalue weighted by Gasteiger charge is -2.18. The predicted molar refractivity (Wildman–Crippen MR) is 67.8 cm³/mol. The summed E-state index contributed by atoms with van der Waals surface area (Å²) in [7, 11) is 0. The van der Waals surface area contributed by atoms with Gasteiger partial charge in [0.15, 0.2) is 6.10 Å². The van der Waals surface area contributed by atoms with Gasteiger partial charge in [-0.2, -0.15) is 0 Å². The Balaban J connectivity index is 2.54. The average molecular weight is 267 g/mol. The SMILES string of the molecule is CC(Oc1ccccc1)C(=O)NC(CCO)C(=O)O. The molecule has 1 aromatic rings. The summed E-state index contributed by atoms with van der Waals surface area (Å²) in [5, 5.41) is 19.9. The van der Waals surface area contributed by atoms with E-state index in [9.17, 15) is 9.59 Å². The number of amides is 1. The van der Waals surface area contributed by atoms with Gasteiger partial charge in [-0.25, -0.2) is 4.79 Å². The third-order valence-electron chi connectivity index (χ3n) is 2.46. The van der Waals surface area contributed by atoms with E-state index in [-0.39, 0.29) is 13.0 Å². The first-order chi connectivity index (χ1) is 9.04. The number of para-hydroxylation sites is 1. The molecule has 0 aliphatic carbocycles. The summed E-state index contributed by atoms with van der Waals surface area (Å²) in [6, 6.07) is 7.65. The van der Waals surface area contributed by atoms with E-state index in [1.165, 1.54) is 6.92 Å². The van der Waals surface area contributed by atoms with Gasteiger partial charge in [0.25, 0.3) is 5.91 Å². The molecule has 0 aromatic heterocycles. The van der Waals surface area contributed by atoms with Crippen molar-refractivity contribution in [2.45, 2.75) is 25.5 Å². The second-order valence-electron chi connectivity index (χ2n) is 3.98. The minimum Gasteiger partial charge on any atom is -0.481 e. The fourth-order valence-electron chi connectivity index (χ4n) is 1.43. The van der Waals surface area contributed by atoms with Crippen molar-refractivity contribution < 1.29 is 24.5 Å². The molecule has 0 radical (unpaired) electrons. The van der Waals surface area contributed by atoms with Crippen LogP contribution in [0.25, 0.3) is 0 Å². The highest BCUT2D eigenvalue weighted by molar-refractivity contribution is 5.86. The number of benzene rings is 1. The van der Waals surface area contributed by atoms with Crippen LogP contribution < -0.4 is 10.1 Å². The van der Waals surface area contributed by atoms with Crippen LogP contribution in [0.2, 0.25) is 0 Å². The lowest BCUT2D eigenvalue weighted by atomic mass is 10.2. The molecule has 104 valence electrons. The van der Waals surface area contributed by atoms with E-state index in [4.69, 9.17) is 14.9 Å². The zero-order valence-electron chi connectivity index (χ0n) is 10.6. The highest BCUT2D eigenvalue weighted by Gasteiger charge is 2.23. The Morgan fingerprint density at radius 3 is 2.47 bits per heavy atom. The quantitative estimate of drug-likeness (QED) is 0.665. The predicted octanol–water partition coefficient (Wildman–Crippen LogP) is 0.406. The Morgan fingerprint density at radius 1 is 1.32 bits per heavy atom. The molecule has 0 heterocycles. The minimum absolute atomic E-state index is 0.0425. The third-order valence-corrected chi connectivity index (χ3v) is 2.46. The van der Waals surface area contributed by atoms with Crippen LogP contribution in [0.15, 0.2) is 30.3 Å². The largest absolute Gasteiger partial charge is 0.481 e. The van der Waals surface area contributed by atoms with Gasteiger partial charge in [0, 0.05) is 13.0 Å². The van der Waals surface area contributed by atoms with Crippen LogP contribution in [-0.2, 0) is 9.59 Å². The minimum atomic E-state index is -1.19. The summed E-state index contributed by atoms with van der Waals surface area (Å²) in [5.74, 6) is -1.20. The van der Waals surface area contributed by atoms with Gasteiger partial charge in [-0.1, -0.05) is 18.2 Å². The molecule has 1 amide bonds. The number of aliphatic hydroxyl groups excluding tert-OH is 1. The molecule has 6 heteroatoms. The summed E-state index contributed by atoms with van der Waals surface area (Å²) in [4.78, 5) is 22.6. The highest BCUT2D eigenvalue weighted by Crippen LogP contribution is 2.10. The molecule has 1 aromatic carbocycles. The lowest BCUT2D eigenvalue weighted by Crippen LogP contribution is -2.46. The Morgan fingerprint density at radius 2 is 1.95 bits per heavy atom. The third kappa shape index (κ3) is 4.97. The number of hydrogen-bond donors (Lipinski definition) is 3. The number of aliphatic carboxylic acids is 1. The van der Waals surface area contributed by atoms with Gasteiger partial charge in [-0.3, -0.25) is 4.79 Å². The van der Waals surface area contributed by atoms with Crippen LogP contribution in [-0.4, -0.2) is 40.8 Å². The van der Waals surface area contributed by atoms with Crippen LogP contribution in [0.4, 0.5) is 0 Å². The zero-order valence-corrected chi connectivity index (χ0v) is 10.6. The number of carboxylic acids is 1. The van der Waals surface area contributed by atoms with Crippen molar-refractivity contribution >= 4 is 11.9 Å². The topological polar surface area (TPSA) is 95.9 Å². The molecule has 2 unspecified atom stereocenters. The van der Waals surface area contributed by atoms with Crippen molar-refractivity contribution in [2.24, 2.45) is 0 Å². The van der Waals surface area contributed by atoms with Gasteiger partial charge in [0.2, 0.25) is 0 Å². The molecule has 0 aliphatic heterocycles. The number of rotatable bonds is 7. The first-order valence-corrected chi connectivity index (χ1v) is 5.90. The van der Waals surface area contributed by atoms with Crippen molar-refractivity contribution in [3.8, 4) is 5.75 Å². The first-order valence-electron chi connectivity index (χ1n) is 5.90. The number of carbonyl (C=O) groups is 2. The molecule has 19 heavy (non-hydrogen) atoms. The normalized spacial score (nSPS) is 13.4. The summed E-state index contributed by atoms with van der Waals surface area (Å²) in [6.07, 6.45) is -0.859. The van der Waals surface area contributed by atoms with E-state index in [1.54, 1.807) is 24.3 Å².